The van der Waals surface area contributed by atoms with Crippen LogP contribution in [0.3, 0.4) is 0 Å². The number of hydrogen-bond donors (Lipinski definition) is 2. The summed E-state index contributed by atoms with van der Waals surface area (Å²) in [6.07, 6.45) is 1.99. The van der Waals surface area contributed by atoms with E-state index in [9.17, 15) is 17.6 Å². The third-order valence-electron chi connectivity index (χ3n) is 4.15. The third kappa shape index (κ3) is 5.67. The Balaban J connectivity index is 1.50. The monoisotopic (exact) mass is 408 g/mol. The summed E-state index contributed by atoms with van der Waals surface area (Å²) in [6.45, 7) is 1.00. The van der Waals surface area contributed by atoms with Gasteiger partial charge in [0.15, 0.2) is 6.61 Å². The summed E-state index contributed by atoms with van der Waals surface area (Å²) < 4.78 is 50.8. The zero-order chi connectivity index (χ0) is 20.0. The summed E-state index contributed by atoms with van der Waals surface area (Å²) in [6, 6.07) is 10.7. The van der Waals surface area contributed by atoms with Crippen molar-refractivity contribution in [1.82, 2.24) is 5.32 Å². The molecule has 1 heterocycles. The van der Waals surface area contributed by atoms with Gasteiger partial charge in [-0.1, -0.05) is 0 Å². The molecule has 2 aromatic rings. The number of hydrogen-bond acceptors (Lipinski definition) is 5. The van der Waals surface area contributed by atoms with Gasteiger partial charge in [0.2, 0.25) is 0 Å². The minimum Gasteiger partial charge on any atom is -0.484 e. The van der Waals surface area contributed by atoms with Crippen LogP contribution < -0.4 is 14.8 Å². The lowest BCUT2D eigenvalue weighted by Crippen LogP contribution is -2.35. The maximum atomic E-state index is 12.9. The average Bonchev–Trinajstić information content (AvgIpc) is 3.20. The van der Waals surface area contributed by atoms with Crippen LogP contribution in [0.4, 0.5) is 10.1 Å². The molecule has 1 aliphatic heterocycles. The Morgan fingerprint density at radius 2 is 1.86 bits per heavy atom. The van der Waals surface area contributed by atoms with E-state index in [1.54, 1.807) is 0 Å². The van der Waals surface area contributed by atoms with Gasteiger partial charge in [-0.05, 0) is 61.4 Å². The van der Waals surface area contributed by atoms with Crippen LogP contribution in [0.25, 0.3) is 0 Å². The largest absolute Gasteiger partial charge is 0.484 e. The van der Waals surface area contributed by atoms with Crippen molar-refractivity contribution in [2.75, 3.05) is 24.5 Å². The topological polar surface area (TPSA) is 93.7 Å². The van der Waals surface area contributed by atoms with Gasteiger partial charge in [0.25, 0.3) is 15.9 Å². The van der Waals surface area contributed by atoms with E-state index in [0.717, 1.165) is 19.4 Å². The number of halogens is 1. The number of amides is 1. The van der Waals surface area contributed by atoms with Gasteiger partial charge in [0, 0.05) is 18.8 Å². The molecule has 2 aromatic carbocycles. The molecule has 28 heavy (non-hydrogen) atoms. The second-order valence-corrected chi connectivity index (χ2v) is 7.99. The number of carbonyl (C=O) groups is 1. The Kier molecular flexibility index (Phi) is 6.48. The molecule has 0 unspecified atom stereocenters. The summed E-state index contributed by atoms with van der Waals surface area (Å²) in [5.74, 6) is -0.359. The van der Waals surface area contributed by atoms with Gasteiger partial charge < -0.3 is 14.8 Å². The first-order chi connectivity index (χ1) is 13.4. The summed E-state index contributed by atoms with van der Waals surface area (Å²) in [4.78, 5) is 11.8. The van der Waals surface area contributed by atoms with E-state index < -0.39 is 15.8 Å². The summed E-state index contributed by atoms with van der Waals surface area (Å²) in [5, 5.41) is 2.74. The second-order valence-electron chi connectivity index (χ2n) is 6.31. The molecular weight excluding hydrogens is 387 g/mol. The summed E-state index contributed by atoms with van der Waals surface area (Å²) in [5.41, 5.74) is 0.254. The molecule has 0 saturated carbocycles. The molecule has 3 rings (SSSR count). The standard InChI is InChI=1S/C19H21FN2O5S/c20-14-3-5-15(6-4-14)22-28(24,25)18-9-7-16(8-10-18)27-13-19(23)21-12-17-2-1-11-26-17/h3-10,17,22H,1-2,11-13H2,(H,21,23)/t17-/m1/s1. The normalized spacial score (nSPS) is 16.5. The quantitative estimate of drug-likeness (QED) is 0.699. The van der Waals surface area contributed by atoms with E-state index in [0.29, 0.717) is 12.3 Å². The number of ether oxygens (including phenoxy) is 2. The van der Waals surface area contributed by atoms with Crippen LogP contribution in [-0.2, 0) is 19.6 Å². The van der Waals surface area contributed by atoms with Gasteiger partial charge >= 0.3 is 0 Å². The van der Waals surface area contributed by atoms with Crippen LogP contribution >= 0.6 is 0 Å². The van der Waals surface area contributed by atoms with Gasteiger partial charge in [0.1, 0.15) is 11.6 Å². The highest BCUT2D eigenvalue weighted by molar-refractivity contribution is 7.92. The second kappa shape index (κ2) is 9.03. The van der Waals surface area contributed by atoms with E-state index in [4.69, 9.17) is 9.47 Å². The Hall–Kier alpha value is -2.65. The van der Waals surface area contributed by atoms with Gasteiger partial charge in [-0.2, -0.15) is 0 Å². The fourth-order valence-electron chi connectivity index (χ4n) is 2.68. The number of carbonyl (C=O) groups excluding carboxylic acids is 1. The van der Waals surface area contributed by atoms with Crippen LogP contribution in [0.1, 0.15) is 12.8 Å². The van der Waals surface area contributed by atoms with E-state index in [-0.39, 0.29) is 29.2 Å². The van der Waals surface area contributed by atoms with Crippen LogP contribution in [0, 0.1) is 5.82 Å². The van der Waals surface area contributed by atoms with Crippen molar-refractivity contribution in [2.24, 2.45) is 0 Å². The molecule has 1 saturated heterocycles. The minimum absolute atomic E-state index is 0.0204. The van der Waals surface area contributed by atoms with Crippen molar-refractivity contribution < 1.29 is 27.1 Å². The van der Waals surface area contributed by atoms with Crippen LogP contribution in [0.15, 0.2) is 53.4 Å². The summed E-state index contributed by atoms with van der Waals surface area (Å²) in [7, 11) is -3.81. The highest BCUT2D eigenvalue weighted by Crippen LogP contribution is 2.19. The molecule has 2 N–H and O–H groups in total. The first-order valence-electron chi connectivity index (χ1n) is 8.82. The molecule has 0 bridgehead atoms. The van der Waals surface area contributed by atoms with E-state index in [1.165, 1.54) is 48.5 Å². The molecule has 7 nitrogen and oxygen atoms in total. The molecule has 0 aromatic heterocycles. The molecule has 0 aliphatic carbocycles. The van der Waals surface area contributed by atoms with Gasteiger partial charge in [-0.3, -0.25) is 9.52 Å². The Labute approximate surface area is 162 Å². The zero-order valence-corrected chi connectivity index (χ0v) is 15.9. The lowest BCUT2D eigenvalue weighted by molar-refractivity contribution is -0.123. The molecule has 0 radical (unpaired) electrons. The molecule has 1 amide bonds. The number of benzene rings is 2. The fourth-order valence-corrected chi connectivity index (χ4v) is 3.74. The number of rotatable bonds is 8. The van der Waals surface area contributed by atoms with Gasteiger partial charge in [-0.25, -0.2) is 12.8 Å². The highest BCUT2D eigenvalue weighted by atomic mass is 32.2. The van der Waals surface area contributed by atoms with Crippen LogP contribution in [0.2, 0.25) is 0 Å². The van der Waals surface area contributed by atoms with E-state index in [2.05, 4.69) is 10.0 Å². The molecule has 0 spiro atoms. The van der Waals surface area contributed by atoms with Crippen molar-refractivity contribution in [2.45, 2.75) is 23.8 Å². The number of anilines is 1. The zero-order valence-electron chi connectivity index (χ0n) is 15.1. The van der Waals surface area contributed by atoms with Crippen molar-refractivity contribution >= 4 is 21.6 Å². The third-order valence-corrected chi connectivity index (χ3v) is 5.55. The first kappa shape index (κ1) is 20.1. The highest BCUT2D eigenvalue weighted by Gasteiger charge is 2.17. The first-order valence-corrected chi connectivity index (χ1v) is 10.3. The van der Waals surface area contributed by atoms with Crippen molar-refractivity contribution in [3.05, 3.63) is 54.3 Å². The molecule has 1 atom stereocenters. The minimum atomic E-state index is -3.81. The molecule has 9 heteroatoms. The molecular formula is C19H21FN2O5S. The van der Waals surface area contributed by atoms with Crippen LogP contribution in [0.5, 0.6) is 5.75 Å². The van der Waals surface area contributed by atoms with Crippen molar-refractivity contribution in [3.63, 3.8) is 0 Å². The molecule has 150 valence electrons. The Morgan fingerprint density at radius 1 is 1.14 bits per heavy atom. The molecule has 1 fully saturated rings. The Bertz CT molecular complexity index is 895. The van der Waals surface area contributed by atoms with E-state index in [1.807, 2.05) is 0 Å². The maximum Gasteiger partial charge on any atom is 0.261 e. The SMILES string of the molecule is O=C(COc1ccc(S(=O)(=O)Nc2ccc(F)cc2)cc1)NC[C@H]1CCCO1. The predicted molar refractivity (Wildman–Crippen MR) is 101 cm³/mol. The summed E-state index contributed by atoms with van der Waals surface area (Å²) >= 11 is 0. The van der Waals surface area contributed by atoms with Gasteiger partial charge in [-0.15, -0.1) is 0 Å². The van der Waals surface area contributed by atoms with Crippen molar-refractivity contribution in [1.29, 1.82) is 0 Å². The Morgan fingerprint density at radius 3 is 2.50 bits per heavy atom. The van der Waals surface area contributed by atoms with Gasteiger partial charge in [0.05, 0.1) is 11.0 Å². The fraction of sp³-hybridized carbons (Fsp3) is 0.316. The van der Waals surface area contributed by atoms with Crippen molar-refractivity contribution in [3.8, 4) is 5.75 Å². The smallest absolute Gasteiger partial charge is 0.261 e. The average molecular weight is 408 g/mol. The lowest BCUT2D eigenvalue weighted by atomic mass is 10.2. The lowest BCUT2D eigenvalue weighted by Gasteiger charge is -2.12. The molecule has 1 aliphatic rings. The predicted octanol–water partition coefficient (Wildman–Crippen LogP) is 2.30. The number of nitrogens with one attached hydrogen (secondary N) is 2. The maximum absolute atomic E-state index is 12.9. The number of sulfonamides is 1. The van der Waals surface area contributed by atoms with E-state index >= 15 is 0 Å². The van der Waals surface area contributed by atoms with Crippen LogP contribution in [-0.4, -0.2) is 40.2 Å².